The Morgan fingerprint density at radius 2 is 1.94 bits per heavy atom. The largest absolute Gasteiger partial charge is 0.454 e. The fourth-order valence-corrected chi connectivity index (χ4v) is 1.33. The summed E-state index contributed by atoms with van der Waals surface area (Å²) in [6.45, 7) is 5.03. The lowest BCUT2D eigenvalue weighted by Crippen LogP contribution is -2.26. The van der Waals surface area contributed by atoms with Crippen LogP contribution in [0.1, 0.15) is 31.1 Å². The molecular formula is C13H16ClNO3. The monoisotopic (exact) mass is 269 g/mol. The van der Waals surface area contributed by atoms with Crippen molar-refractivity contribution in [2.45, 2.75) is 20.8 Å². The number of halogens is 1. The fraction of sp³-hybridized carbons (Fsp3) is 0.385. The molecular weight excluding hydrogens is 254 g/mol. The molecule has 1 aromatic rings. The van der Waals surface area contributed by atoms with E-state index >= 15 is 0 Å². The lowest BCUT2D eigenvalue weighted by Gasteiger charge is -2.16. The van der Waals surface area contributed by atoms with Gasteiger partial charge in [-0.1, -0.05) is 32.4 Å². The van der Waals surface area contributed by atoms with Crippen LogP contribution in [0.4, 0.5) is 5.69 Å². The molecule has 0 aliphatic rings. The number of carbonyl (C=O) groups excluding carboxylic acids is 2. The predicted octanol–water partition coefficient (Wildman–Crippen LogP) is 2.69. The van der Waals surface area contributed by atoms with Crippen molar-refractivity contribution in [2.24, 2.45) is 5.41 Å². The lowest BCUT2D eigenvalue weighted by atomic mass is 9.91. The first kappa shape index (κ1) is 14.5. The summed E-state index contributed by atoms with van der Waals surface area (Å²) in [5.41, 5.74) is 5.55. The second kappa shape index (κ2) is 5.40. The standard InChI is InChI=1S/C13H16ClNO3/c1-13(2,3)11(16)7-18-12(17)9-5-4-8(14)6-10(9)15/h4-6H,7,15H2,1-3H3. The van der Waals surface area contributed by atoms with Gasteiger partial charge in [-0.25, -0.2) is 4.79 Å². The molecule has 0 radical (unpaired) electrons. The van der Waals surface area contributed by atoms with Crippen LogP contribution >= 0.6 is 11.6 Å². The number of hydrogen-bond acceptors (Lipinski definition) is 4. The van der Waals surface area contributed by atoms with Gasteiger partial charge in [0, 0.05) is 16.1 Å². The number of rotatable bonds is 3. The number of carbonyl (C=O) groups is 2. The number of ether oxygens (including phenoxy) is 1. The maximum absolute atomic E-state index is 11.7. The number of esters is 1. The second-order valence-electron chi connectivity index (χ2n) is 4.98. The lowest BCUT2D eigenvalue weighted by molar-refractivity contribution is -0.129. The van der Waals surface area contributed by atoms with E-state index in [4.69, 9.17) is 22.1 Å². The highest BCUT2D eigenvalue weighted by Gasteiger charge is 2.23. The van der Waals surface area contributed by atoms with Crippen LogP contribution < -0.4 is 5.73 Å². The SMILES string of the molecule is CC(C)(C)C(=O)COC(=O)c1ccc(Cl)cc1N. The van der Waals surface area contributed by atoms with Gasteiger partial charge < -0.3 is 10.5 Å². The van der Waals surface area contributed by atoms with Crippen molar-refractivity contribution in [3.63, 3.8) is 0 Å². The number of nitrogens with two attached hydrogens (primary N) is 1. The molecule has 0 heterocycles. The van der Waals surface area contributed by atoms with Crippen LogP contribution in [0.3, 0.4) is 0 Å². The van der Waals surface area contributed by atoms with Crippen molar-refractivity contribution in [2.75, 3.05) is 12.3 Å². The van der Waals surface area contributed by atoms with Crippen molar-refractivity contribution in [1.82, 2.24) is 0 Å². The maximum Gasteiger partial charge on any atom is 0.340 e. The molecule has 98 valence electrons. The summed E-state index contributed by atoms with van der Waals surface area (Å²) < 4.78 is 4.93. The van der Waals surface area contributed by atoms with Crippen molar-refractivity contribution in [3.05, 3.63) is 28.8 Å². The smallest absolute Gasteiger partial charge is 0.340 e. The molecule has 0 aliphatic carbocycles. The third kappa shape index (κ3) is 3.74. The summed E-state index contributed by atoms with van der Waals surface area (Å²) in [7, 11) is 0. The Kier molecular flexibility index (Phi) is 4.35. The summed E-state index contributed by atoms with van der Waals surface area (Å²) in [5, 5.41) is 0.440. The Morgan fingerprint density at radius 1 is 1.33 bits per heavy atom. The molecule has 0 atom stereocenters. The van der Waals surface area contributed by atoms with Gasteiger partial charge in [-0.15, -0.1) is 0 Å². The van der Waals surface area contributed by atoms with Crippen LogP contribution in [-0.2, 0) is 9.53 Å². The van der Waals surface area contributed by atoms with Crippen LogP contribution in [0.25, 0.3) is 0 Å². The molecule has 0 aliphatic heterocycles. The number of benzene rings is 1. The van der Waals surface area contributed by atoms with E-state index in [-0.39, 0.29) is 23.6 Å². The topological polar surface area (TPSA) is 69.4 Å². The van der Waals surface area contributed by atoms with Gasteiger partial charge in [0.15, 0.2) is 12.4 Å². The van der Waals surface area contributed by atoms with Gasteiger partial charge in [0.1, 0.15) is 0 Å². The zero-order valence-electron chi connectivity index (χ0n) is 10.6. The van der Waals surface area contributed by atoms with Gasteiger partial charge in [0.05, 0.1) is 5.56 Å². The zero-order chi connectivity index (χ0) is 13.9. The predicted molar refractivity (Wildman–Crippen MR) is 70.6 cm³/mol. The summed E-state index contributed by atoms with van der Waals surface area (Å²) in [5.74, 6) is -0.773. The highest BCUT2D eigenvalue weighted by molar-refractivity contribution is 6.31. The van der Waals surface area contributed by atoms with E-state index in [2.05, 4.69) is 0 Å². The minimum absolute atomic E-state index is 0.150. The number of nitrogen functional groups attached to an aromatic ring is 1. The Labute approximate surface area is 111 Å². The third-order valence-corrected chi connectivity index (χ3v) is 2.64. The van der Waals surface area contributed by atoms with E-state index < -0.39 is 11.4 Å². The highest BCUT2D eigenvalue weighted by atomic mass is 35.5. The van der Waals surface area contributed by atoms with Crippen LogP contribution in [0.15, 0.2) is 18.2 Å². The Bertz CT molecular complexity index is 478. The van der Waals surface area contributed by atoms with Crippen molar-refractivity contribution in [3.8, 4) is 0 Å². The summed E-state index contributed by atoms with van der Waals surface area (Å²) in [6, 6.07) is 4.48. The van der Waals surface area contributed by atoms with E-state index in [0.717, 1.165) is 0 Å². The Hall–Kier alpha value is -1.55. The Balaban J connectivity index is 2.70. The zero-order valence-corrected chi connectivity index (χ0v) is 11.4. The molecule has 2 N–H and O–H groups in total. The van der Waals surface area contributed by atoms with Gasteiger partial charge in [0.2, 0.25) is 0 Å². The van der Waals surface area contributed by atoms with Gasteiger partial charge in [-0.3, -0.25) is 4.79 Å². The molecule has 1 rings (SSSR count). The van der Waals surface area contributed by atoms with Crippen molar-refractivity contribution in [1.29, 1.82) is 0 Å². The first-order chi connectivity index (χ1) is 8.21. The van der Waals surface area contributed by atoms with Crippen LogP contribution in [-0.4, -0.2) is 18.4 Å². The fourth-order valence-electron chi connectivity index (χ4n) is 1.14. The normalized spacial score (nSPS) is 11.1. The third-order valence-electron chi connectivity index (χ3n) is 2.40. The quantitative estimate of drug-likeness (QED) is 0.677. The minimum atomic E-state index is -0.623. The molecule has 5 heteroatoms. The number of ketones is 1. The number of anilines is 1. The van der Waals surface area contributed by atoms with Crippen LogP contribution in [0.2, 0.25) is 5.02 Å². The average Bonchev–Trinajstić information content (AvgIpc) is 2.24. The molecule has 0 unspecified atom stereocenters. The number of hydrogen-bond donors (Lipinski definition) is 1. The average molecular weight is 270 g/mol. The van der Waals surface area contributed by atoms with Gasteiger partial charge >= 0.3 is 5.97 Å². The first-order valence-corrected chi connectivity index (χ1v) is 5.85. The number of Topliss-reactive ketones (excluding diaryl/α,β-unsaturated/α-hetero) is 1. The summed E-state index contributed by atoms with van der Waals surface area (Å²) >= 11 is 5.72. The minimum Gasteiger partial charge on any atom is -0.454 e. The molecule has 0 saturated carbocycles. The van der Waals surface area contributed by atoms with E-state index in [9.17, 15) is 9.59 Å². The first-order valence-electron chi connectivity index (χ1n) is 5.47. The molecule has 0 bridgehead atoms. The van der Waals surface area contributed by atoms with Gasteiger partial charge in [-0.2, -0.15) is 0 Å². The summed E-state index contributed by atoms with van der Waals surface area (Å²) in [6.07, 6.45) is 0. The van der Waals surface area contributed by atoms with Gasteiger partial charge in [-0.05, 0) is 18.2 Å². The summed E-state index contributed by atoms with van der Waals surface area (Å²) in [4.78, 5) is 23.3. The molecule has 1 aromatic carbocycles. The van der Waals surface area contributed by atoms with E-state index in [1.807, 2.05) is 0 Å². The molecule has 0 saturated heterocycles. The van der Waals surface area contributed by atoms with E-state index in [1.54, 1.807) is 26.8 Å². The second-order valence-corrected chi connectivity index (χ2v) is 5.42. The molecule has 18 heavy (non-hydrogen) atoms. The molecule has 0 fully saturated rings. The van der Waals surface area contributed by atoms with E-state index in [1.165, 1.54) is 12.1 Å². The maximum atomic E-state index is 11.7. The molecule has 0 spiro atoms. The molecule has 0 amide bonds. The van der Waals surface area contributed by atoms with E-state index in [0.29, 0.717) is 5.02 Å². The highest BCUT2D eigenvalue weighted by Crippen LogP contribution is 2.19. The van der Waals surface area contributed by atoms with Crippen LogP contribution in [0, 0.1) is 5.41 Å². The molecule has 4 nitrogen and oxygen atoms in total. The van der Waals surface area contributed by atoms with Gasteiger partial charge in [0.25, 0.3) is 0 Å². The van der Waals surface area contributed by atoms with Crippen molar-refractivity contribution < 1.29 is 14.3 Å². The Morgan fingerprint density at radius 3 is 2.44 bits per heavy atom. The van der Waals surface area contributed by atoms with Crippen LogP contribution in [0.5, 0.6) is 0 Å². The molecule has 0 aromatic heterocycles. The van der Waals surface area contributed by atoms with Crippen molar-refractivity contribution >= 4 is 29.0 Å².